The van der Waals surface area contributed by atoms with E-state index in [0.29, 0.717) is 29.3 Å². The highest BCUT2D eigenvalue weighted by Crippen LogP contribution is 2.34. The fraction of sp³-hybridized carbons (Fsp3) is 0.333. The van der Waals surface area contributed by atoms with Crippen LogP contribution in [0.2, 0.25) is 0 Å². The van der Waals surface area contributed by atoms with Crippen LogP contribution in [-0.4, -0.2) is 55.2 Å². The number of carbonyl (C=O) groups excluding carboxylic acids is 1. The van der Waals surface area contributed by atoms with E-state index in [1.807, 2.05) is 30.3 Å². The van der Waals surface area contributed by atoms with Crippen molar-refractivity contribution in [1.82, 2.24) is 9.80 Å². The molecule has 0 aromatic heterocycles. The van der Waals surface area contributed by atoms with E-state index in [2.05, 4.69) is 21.2 Å². The molecular formula is C21H22N4O3. The van der Waals surface area contributed by atoms with Gasteiger partial charge in [0.05, 0.1) is 18.2 Å². The lowest BCUT2D eigenvalue weighted by atomic mass is 10.1. The SMILES string of the molecule is N#Cc1ccc(CN2CCN(CC(=O)Nc3ccc4c(c3)OCO4)CC2)cc1. The summed E-state index contributed by atoms with van der Waals surface area (Å²) in [6, 6.07) is 15.3. The number of rotatable bonds is 5. The van der Waals surface area contributed by atoms with Crippen LogP contribution >= 0.6 is 0 Å². The number of amides is 1. The average Bonchev–Trinajstić information content (AvgIpc) is 3.18. The van der Waals surface area contributed by atoms with Gasteiger partial charge in [0.1, 0.15) is 0 Å². The molecular weight excluding hydrogens is 356 g/mol. The average molecular weight is 378 g/mol. The molecule has 0 saturated carbocycles. The number of nitrogens with zero attached hydrogens (tertiary/aromatic N) is 3. The Bertz CT molecular complexity index is 884. The van der Waals surface area contributed by atoms with Gasteiger partial charge in [-0.15, -0.1) is 0 Å². The molecule has 7 nitrogen and oxygen atoms in total. The Kier molecular flexibility index (Phi) is 5.42. The zero-order valence-corrected chi connectivity index (χ0v) is 15.6. The number of nitriles is 1. The van der Waals surface area contributed by atoms with Crippen molar-refractivity contribution in [2.24, 2.45) is 0 Å². The van der Waals surface area contributed by atoms with Gasteiger partial charge >= 0.3 is 0 Å². The first-order valence-corrected chi connectivity index (χ1v) is 9.33. The van der Waals surface area contributed by atoms with E-state index in [1.165, 1.54) is 5.56 Å². The van der Waals surface area contributed by atoms with Gasteiger partial charge in [0.2, 0.25) is 12.7 Å². The van der Waals surface area contributed by atoms with Crippen molar-refractivity contribution in [1.29, 1.82) is 5.26 Å². The summed E-state index contributed by atoms with van der Waals surface area (Å²) in [5, 5.41) is 11.8. The summed E-state index contributed by atoms with van der Waals surface area (Å²) in [5.41, 5.74) is 2.60. The quantitative estimate of drug-likeness (QED) is 0.858. The van der Waals surface area contributed by atoms with Gasteiger partial charge < -0.3 is 14.8 Å². The van der Waals surface area contributed by atoms with Crippen LogP contribution in [0.3, 0.4) is 0 Å². The van der Waals surface area contributed by atoms with Gasteiger partial charge in [0.15, 0.2) is 11.5 Å². The number of hydrogen-bond donors (Lipinski definition) is 1. The summed E-state index contributed by atoms with van der Waals surface area (Å²) in [7, 11) is 0. The van der Waals surface area contributed by atoms with Crippen LogP contribution < -0.4 is 14.8 Å². The maximum absolute atomic E-state index is 12.3. The van der Waals surface area contributed by atoms with E-state index in [4.69, 9.17) is 14.7 Å². The molecule has 28 heavy (non-hydrogen) atoms. The van der Waals surface area contributed by atoms with E-state index in [9.17, 15) is 4.79 Å². The number of benzene rings is 2. The molecule has 7 heteroatoms. The summed E-state index contributed by atoms with van der Waals surface area (Å²) in [4.78, 5) is 16.9. The second kappa shape index (κ2) is 8.30. The number of anilines is 1. The van der Waals surface area contributed by atoms with Gasteiger partial charge in [-0.1, -0.05) is 12.1 Å². The molecule has 2 aromatic rings. The molecule has 2 heterocycles. The van der Waals surface area contributed by atoms with Crippen LogP contribution in [-0.2, 0) is 11.3 Å². The molecule has 2 aliphatic rings. The predicted octanol–water partition coefficient (Wildman–Crippen LogP) is 2.04. The van der Waals surface area contributed by atoms with Crippen molar-refractivity contribution in [2.45, 2.75) is 6.54 Å². The predicted molar refractivity (Wildman–Crippen MR) is 104 cm³/mol. The normalized spacial score (nSPS) is 16.5. The molecule has 2 aromatic carbocycles. The molecule has 0 aliphatic carbocycles. The summed E-state index contributed by atoms with van der Waals surface area (Å²) in [6.07, 6.45) is 0. The lowest BCUT2D eigenvalue weighted by Crippen LogP contribution is -2.48. The van der Waals surface area contributed by atoms with Gasteiger partial charge in [-0.3, -0.25) is 14.6 Å². The Balaban J connectivity index is 1.22. The van der Waals surface area contributed by atoms with E-state index < -0.39 is 0 Å². The number of fused-ring (bicyclic) bond motifs is 1. The molecule has 0 spiro atoms. The molecule has 1 N–H and O–H groups in total. The highest BCUT2D eigenvalue weighted by Gasteiger charge is 2.20. The fourth-order valence-corrected chi connectivity index (χ4v) is 3.43. The molecule has 1 saturated heterocycles. The van der Waals surface area contributed by atoms with Crippen molar-refractivity contribution < 1.29 is 14.3 Å². The Morgan fingerprint density at radius 2 is 1.71 bits per heavy atom. The molecule has 144 valence electrons. The third-order valence-corrected chi connectivity index (χ3v) is 4.98. The van der Waals surface area contributed by atoms with E-state index in [1.54, 1.807) is 12.1 Å². The minimum atomic E-state index is -0.0283. The minimum Gasteiger partial charge on any atom is -0.454 e. The van der Waals surface area contributed by atoms with Gasteiger partial charge in [0, 0.05) is 44.5 Å². The molecule has 1 amide bonds. The maximum atomic E-state index is 12.3. The second-order valence-electron chi connectivity index (χ2n) is 6.98. The number of hydrogen-bond acceptors (Lipinski definition) is 6. The van der Waals surface area contributed by atoms with E-state index >= 15 is 0 Å². The van der Waals surface area contributed by atoms with E-state index in [0.717, 1.165) is 32.7 Å². The molecule has 1 fully saturated rings. The van der Waals surface area contributed by atoms with E-state index in [-0.39, 0.29) is 12.7 Å². The van der Waals surface area contributed by atoms with Gasteiger partial charge in [-0.05, 0) is 29.8 Å². The smallest absolute Gasteiger partial charge is 0.238 e. The molecule has 0 unspecified atom stereocenters. The highest BCUT2D eigenvalue weighted by molar-refractivity contribution is 5.92. The zero-order valence-electron chi connectivity index (χ0n) is 15.6. The van der Waals surface area contributed by atoms with Crippen LogP contribution in [0.25, 0.3) is 0 Å². The third-order valence-electron chi connectivity index (χ3n) is 4.98. The van der Waals surface area contributed by atoms with Crippen LogP contribution in [0.1, 0.15) is 11.1 Å². The zero-order chi connectivity index (χ0) is 19.3. The van der Waals surface area contributed by atoms with Crippen molar-refractivity contribution in [2.75, 3.05) is 44.8 Å². The number of ether oxygens (including phenoxy) is 2. The Morgan fingerprint density at radius 1 is 1.00 bits per heavy atom. The first-order chi connectivity index (χ1) is 13.7. The monoisotopic (exact) mass is 378 g/mol. The summed E-state index contributed by atoms with van der Waals surface area (Å²) in [5.74, 6) is 1.34. The molecule has 2 aliphatic heterocycles. The molecule has 0 radical (unpaired) electrons. The Morgan fingerprint density at radius 3 is 2.46 bits per heavy atom. The van der Waals surface area contributed by atoms with Gasteiger partial charge in [0.25, 0.3) is 0 Å². The van der Waals surface area contributed by atoms with Crippen molar-refractivity contribution >= 4 is 11.6 Å². The highest BCUT2D eigenvalue weighted by atomic mass is 16.7. The van der Waals surface area contributed by atoms with Gasteiger partial charge in [-0.2, -0.15) is 5.26 Å². The summed E-state index contributed by atoms with van der Waals surface area (Å²) >= 11 is 0. The third kappa shape index (κ3) is 4.42. The van der Waals surface area contributed by atoms with Crippen molar-refractivity contribution in [3.05, 3.63) is 53.6 Å². The van der Waals surface area contributed by atoms with Crippen LogP contribution in [0.5, 0.6) is 11.5 Å². The topological polar surface area (TPSA) is 77.8 Å². The largest absolute Gasteiger partial charge is 0.454 e. The van der Waals surface area contributed by atoms with Crippen molar-refractivity contribution in [3.63, 3.8) is 0 Å². The van der Waals surface area contributed by atoms with Gasteiger partial charge in [-0.25, -0.2) is 0 Å². The minimum absolute atomic E-state index is 0.0283. The number of carbonyl (C=O) groups is 1. The maximum Gasteiger partial charge on any atom is 0.238 e. The number of nitrogens with one attached hydrogen (secondary N) is 1. The lowest BCUT2D eigenvalue weighted by molar-refractivity contribution is -0.117. The first kappa shape index (κ1) is 18.3. The molecule has 4 rings (SSSR count). The Hall–Kier alpha value is -3.08. The van der Waals surface area contributed by atoms with Crippen LogP contribution in [0, 0.1) is 11.3 Å². The van der Waals surface area contributed by atoms with Crippen LogP contribution in [0.4, 0.5) is 5.69 Å². The second-order valence-corrected chi connectivity index (χ2v) is 6.98. The Labute approximate surface area is 164 Å². The summed E-state index contributed by atoms with van der Waals surface area (Å²) < 4.78 is 10.6. The first-order valence-electron chi connectivity index (χ1n) is 9.33. The number of piperazine rings is 1. The standard InChI is InChI=1S/C21H22N4O3/c22-12-16-1-3-17(4-2-16)13-24-7-9-25(10-8-24)14-21(26)23-18-5-6-19-20(11-18)28-15-27-19/h1-6,11H,7-10,13-15H2,(H,23,26). The lowest BCUT2D eigenvalue weighted by Gasteiger charge is -2.34. The summed E-state index contributed by atoms with van der Waals surface area (Å²) in [6.45, 7) is 4.99. The van der Waals surface area contributed by atoms with Crippen molar-refractivity contribution in [3.8, 4) is 17.6 Å². The van der Waals surface area contributed by atoms with Crippen LogP contribution in [0.15, 0.2) is 42.5 Å². The molecule has 0 bridgehead atoms. The fourth-order valence-electron chi connectivity index (χ4n) is 3.43. The molecule has 0 atom stereocenters.